The lowest BCUT2D eigenvalue weighted by Gasteiger charge is -2.18. The Kier molecular flexibility index (Phi) is 6.46. The standard InChI is InChI=1S/C15H19NO4/c1-12-4-3-5-13(10-12)6-7-14(17)16(8-9-20-2)11-15(18)19/h3-7,10H,8-9,11H2,1-2H3,(H,18,19). The fourth-order valence-electron chi connectivity index (χ4n) is 1.68. The third-order valence-electron chi connectivity index (χ3n) is 2.66. The van der Waals surface area contributed by atoms with Gasteiger partial charge in [-0.2, -0.15) is 0 Å². The predicted molar refractivity (Wildman–Crippen MR) is 76.3 cm³/mol. The molecule has 1 aromatic carbocycles. The van der Waals surface area contributed by atoms with Crippen LogP contribution in [0.4, 0.5) is 0 Å². The lowest BCUT2D eigenvalue weighted by atomic mass is 10.1. The molecule has 1 N–H and O–H groups in total. The first-order chi connectivity index (χ1) is 9.52. The number of hydrogen-bond donors (Lipinski definition) is 1. The van der Waals surface area contributed by atoms with Crippen LogP contribution in [0.15, 0.2) is 30.3 Å². The van der Waals surface area contributed by atoms with E-state index in [1.807, 2.05) is 31.2 Å². The summed E-state index contributed by atoms with van der Waals surface area (Å²) in [6.45, 7) is 2.19. The van der Waals surface area contributed by atoms with Gasteiger partial charge in [0.15, 0.2) is 0 Å². The van der Waals surface area contributed by atoms with Gasteiger partial charge in [-0.25, -0.2) is 0 Å². The van der Waals surface area contributed by atoms with Crippen molar-refractivity contribution in [1.82, 2.24) is 4.90 Å². The van der Waals surface area contributed by atoms with Gasteiger partial charge >= 0.3 is 5.97 Å². The number of carbonyl (C=O) groups excluding carboxylic acids is 1. The average molecular weight is 277 g/mol. The molecule has 0 aliphatic heterocycles. The normalized spacial score (nSPS) is 10.7. The quantitative estimate of drug-likeness (QED) is 0.768. The van der Waals surface area contributed by atoms with E-state index < -0.39 is 5.97 Å². The summed E-state index contributed by atoms with van der Waals surface area (Å²) < 4.78 is 4.87. The number of carboxylic acid groups (broad SMARTS) is 1. The number of methoxy groups -OCH3 is 1. The first-order valence-electron chi connectivity index (χ1n) is 6.27. The van der Waals surface area contributed by atoms with E-state index in [1.165, 1.54) is 18.1 Å². The van der Waals surface area contributed by atoms with Gasteiger partial charge in [-0.3, -0.25) is 9.59 Å². The van der Waals surface area contributed by atoms with Crippen LogP contribution in [-0.4, -0.2) is 48.7 Å². The van der Waals surface area contributed by atoms with Gasteiger partial charge in [0.1, 0.15) is 6.54 Å². The van der Waals surface area contributed by atoms with Gasteiger partial charge in [0.05, 0.1) is 6.61 Å². The van der Waals surface area contributed by atoms with E-state index in [0.29, 0.717) is 6.61 Å². The molecule has 0 fully saturated rings. The summed E-state index contributed by atoms with van der Waals surface area (Å²) in [5.41, 5.74) is 2.00. The highest BCUT2D eigenvalue weighted by Gasteiger charge is 2.13. The number of carbonyl (C=O) groups is 2. The Balaban J connectivity index is 2.71. The number of benzene rings is 1. The molecule has 5 nitrogen and oxygen atoms in total. The number of hydrogen-bond acceptors (Lipinski definition) is 3. The summed E-state index contributed by atoms with van der Waals surface area (Å²) >= 11 is 0. The second-order valence-electron chi connectivity index (χ2n) is 4.39. The van der Waals surface area contributed by atoms with Gasteiger partial charge in [0.25, 0.3) is 0 Å². The van der Waals surface area contributed by atoms with Crippen LogP contribution in [0, 0.1) is 6.92 Å². The second-order valence-corrected chi connectivity index (χ2v) is 4.39. The van der Waals surface area contributed by atoms with Crippen molar-refractivity contribution in [3.05, 3.63) is 41.5 Å². The number of ether oxygens (including phenoxy) is 1. The Hall–Kier alpha value is -2.14. The number of aliphatic carboxylic acids is 1. The molecule has 0 bridgehead atoms. The maximum atomic E-state index is 12.0. The molecule has 5 heteroatoms. The summed E-state index contributed by atoms with van der Waals surface area (Å²) in [4.78, 5) is 23.9. The maximum absolute atomic E-state index is 12.0. The van der Waals surface area contributed by atoms with Gasteiger partial charge in [-0.1, -0.05) is 29.8 Å². The zero-order valence-electron chi connectivity index (χ0n) is 11.7. The van der Waals surface area contributed by atoms with Gasteiger partial charge in [-0.15, -0.1) is 0 Å². The minimum Gasteiger partial charge on any atom is -0.480 e. The maximum Gasteiger partial charge on any atom is 0.323 e. The minimum absolute atomic E-state index is 0.250. The molecule has 0 aliphatic carbocycles. The average Bonchev–Trinajstić information content (AvgIpc) is 2.40. The fraction of sp³-hybridized carbons (Fsp3) is 0.333. The van der Waals surface area contributed by atoms with E-state index in [-0.39, 0.29) is 19.0 Å². The molecule has 0 saturated carbocycles. The molecule has 0 atom stereocenters. The Morgan fingerprint density at radius 3 is 2.75 bits per heavy atom. The Bertz CT molecular complexity index is 496. The Morgan fingerprint density at radius 1 is 1.40 bits per heavy atom. The zero-order valence-corrected chi connectivity index (χ0v) is 11.7. The monoisotopic (exact) mass is 277 g/mol. The zero-order chi connectivity index (χ0) is 15.0. The Morgan fingerprint density at radius 2 is 2.15 bits per heavy atom. The van der Waals surface area contributed by atoms with Crippen molar-refractivity contribution < 1.29 is 19.4 Å². The van der Waals surface area contributed by atoms with Gasteiger partial charge in [0, 0.05) is 19.7 Å². The van der Waals surface area contributed by atoms with Crippen molar-refractivity contribution in [1.29, 1.82) is 0 Å². The number of nitrogens with zero attached hydrogens (tertiary/aromatic N) is 1. The first kappa shape index (κ1) is 15.9. The largest absolute Gasteiger partial charge is 0.480 e. The highest BCUT2D eigenvalue weighted by atomic mass is 16.5. The van der Waals surface area contributed by atoms with Crippen LogP contribution in [-0.2, 0) is 14.3 Å². The van der Waals surface area contributed by atoms with E-state index in [9.17, 15) is 9.59 Å². The molecule has 1 amide bonds. The van der Waals surface area contributed by atoms with Crippen molar-refractivity contribution >= 4 is 18.0 Å². The van der Waals surface area contributed by atoms with Crippen molar-refractivity contribution in [2.75, 3.05) is 26.8 Å². The molecule has 1 aromatic rings. The Labute approximate surface area is 118 Å². The van der Waals surface area contributed by atoms with Gasteiger partial charge in [0.2, 0.25) is 5.91 Å². The highest BCUT2D eigenvalue weighted by molar-refractivity contribution is 5.93. The number of rotatable bonds is 7. The van der Waals surface area contributed by atoms with Crippen molar-refractivity contribution in [2.24, 2.45) is 0 Å². The molecule has 108 valence electrons. The molecule has 0 aromatic heterocycles. The molecule has 0 heterocycles. The van der Waals surface area contributed by atoms with E-state index in [0.717, 1.165) is 11.1 Å². The molecule has 1 rings (SSSR count). The molecule has 20 heavy (non-hydrogen) atoms. The molecule has 0 unspecified atom stereocenters. The first-order valence-corrected chi connectivity index (χ1v) is 6.27. The smallest absolute Gasteiger partial charge is 0.323 e. The lowest BCUT2D eigenvalue weighted by molar-refractivity contribution is -0.143. The molecule has 0 aliphatic rings. The number of carboxylic acids is 1. The van der Waals surface area contributed by atoms with E-state index in [2.05, 4.69) is 0 Å². The van der Waals surface area contributed by atoms with Crippen LogP contribution >= 0.6 is 0 Å². The van der Waals surface area contributed by atoms with Crippen LogP contribution in [0.1, 0.15) is 11.1 Å². The van der Waals surface area contributed by atoms with Crippen molar-refractivity contribution in [3.63, 3.8) is 0 Å². The summed E-state index contributed by atoms with van der Waals surface area (Å²) in [7, 11) is 1.51. The van der Waals surface area contributed by atoms with E-state index in [1.54, 1.807) is 6.08 Å². The van der Waals surface area contributed by atoms with Crippen LogP contribution in [0.2, 0.25) is 0 Å². The summed E-state index contributed by atoms with van der Waals surface area (Å²) in [5, 5.41) is 8.79. The second kappa shape index (κ2) is 8.12. The van der Waals surface area contributed by atoms with Crippen molar-refractivity contribution in [2.45, 2.75) is 6.92 Å². The van der Waals surface area contributed by atoms with Crippen LogP contribution < -0.4 is 0 Å². The third-order valence-corrected chi connectivity index (χ3v) is 2.66. The highest BCUT2D eigenvalue weighted by Crippen LogP contribution is 2.06. The van der Waals surface area contributed by atoms with Crippen LogP contribution in [0.3, 0.4) is 0 Å². The summed E-state index contributed by atoms with van der Waals surface area (Å²) in [5.74, 6) is -1.38. The third kappa shape index (κ3) is 5.67. The van der Waals surface area contributed by atoms with Crippen molar-refractivity contribution in [3.8, 4) is 0 Å². The molecular formula is C15H19NO4. The number of aryl methyl sites for hydroxylation is 1. The summed E-state index contributed by atoms with van der Waals surface area (Å²) in [6.07, 6.45) is 3.06. The molecular weight excluding hydrogens is 258 g/mol. The van der Waals surface area contributed by atoms with Crippen LogP contribution in [0.5, 0.6) is 0 Å². The molecule has 0 radical (unpaired) electrons. The summed E-state index contributed by atoms with van der Waals surface area (Å²) in [6, 6.07) is 7.70. The van der Waals surface area contributed by atoms with E-state index in [4.69, 9.17) is 9.84 Å². The van der Waals surface area contributed by atoms with E-state index >= 15 is 0 Å². The minimum atomic E-state index is -1.04. The molecule has 0 saturated heterocycles. The van der Waals surface area contributed by atoms with Crippen LogP contribution in [0.25, 0.3) is 6.08 Å². The predicted octanol–water partition coefficient (Wildman–Crippen LogP) is 1.57. The lowest BCUT2D eigenvalue weighted by Crippen LogP contribution is -2.36. The topological polar surface area (TPSA) is 66.8 Å². The fourth-order valence-corrected chi connectivity index (χ4v) is 1.68. The SMILES string of the molecule is COCCN(CC(=O)O)C(=O)C=Cc1cccc(C)c1. The molecule has 0 spiro atoms. The van der Waals surface area contributed by atoms with Gasteiger partial charge in [-0.05, 0) is 18.6 Å². The number of amides is 1. The van der Waals surface area contributed by atoms with Gasteiger partial charge < -0.3 is 14.7 Å².